The summed E-state index contributed by atoms with van der Waals surface area (Å²) < 4.78 is 0. The molecule has 1 N–H and O–H groups in total. The van der Waals surface area contributed by atoms with Crippen LogP contribution in [0.25, 0.3) is 0 Å². The summed E-state index contributed by atoms with van der Waals surface area (Å²) in [4.78, 5) is 32.0. The molecular weight excluding hydrogens is 382 g/mol. The molecule has 1 heterocycles. The third-order valence-corrected chi connectivity index (χ3v) is 5.76. The average molecular weight is 410 g/mol. The molecule has 2 aromatic carbocycles. The van der Waals surface area contributed by atoms with Gasteiger partial charge >= 0.3 is 0 Å². The zero-order chi connectivity index (χ0) is 21.0. The number of hydrogen-bond donors (Lipinski definition) is 1. The lowest BCUT2D eigenvalue weighted by Crippen LogP contribution is -2.36. The fourth-order valence-electron chi connectivity index (χ4n) is 3.15. The molecule has 2 amide bonds. The first-order valence-corrected chi connectivity index (χ1v) is 10.7. The minimum Gasteiger partial charge on any atom is -0.326 e. The molecule has 6 heteroatoms. The fourth-order valence-corrected chi connectivity index (χ4v) is 4.32. The van der Waals surface area contributed by atoms with Gasteiger partial charge in [0.25, 0.3) is 0 Å². The van der Waals surface area contributed by atoms with Crippen molar-refractivity contribution in [2.75, 3.05) is 11.9 Å². The highest BCUT2D eigenvalue weighted by molar-refractivity contribution is 8.15. The Morgan fingerprint density at radius 2 is 1.93 bits per heavy atom. The van der Waals surface area contributed by atoms with Crippen molar-refractivity contribution < 1.29 is 9.59 Å². The van der Waals surface area contributed by atoms with Crippen molar-refractivity contribution in [2.24, 2.45) is 10.9 Å². The first kappa shape index (κ1) is 21.1. The molecule has 2 aromatic rings. The third-order valence-electron chi connectivity index (χ3n) is 4.58. The number of para-hydroxylation sites is 1. The van der Waals surface area contributed by atoms with Crippen molar-refractivity contribution in [2.45, 2.75) is 39.4 Å². The molecule has 0 aliphatic carbocycles. The Morgan fingerprint density at radius 3 is 2.62 bits per heavy atom. The van der Waals surface area contributed by atoms with E-state index in [0.29, 0.717) is 17.6 Å². The van der Waals surface area contributed by atoms with Gasteiger partial charge in [-0.15, -0.1) is 0 Å². The van der Waals surface area contributed by atoms with Gasteiger partial charge in [-0.25, -0.2) is 4.99 Å². The predicted octanol–water partition coefficient (Wildman–Crippen LogP) is 4.92. The summed E-state index contributed by atoms with van der Waals surface area (Å²) in [7, 11) is 0. The van der Waals surface area contributed by atoms with E-state index in [1.165, 1.54) is 11.8 Å². The normalized spacial score (nSPS) is 18.0. The molecule has 1 aliphatic heterocycles. The van der Waals surface area contributed by atoms with Crippen molar-refractivity contribution in [3.8, 4) is 0 Å². The minimum absolute atomic E-state index is 0.0463. The molecule has 29 heavy (non-hydrogen) atoms. The van der Waals surface area contributed by atoms with Crippen LogP contribution in [0.15, 0.2) is 53.5 Å². The molecule has 0 radical (unpaired) electrons. The number of aryl methyl sites for hydroxylation is 2. The number of thioether (sulfide) groups is 1. The molecule has 0 saturated carbocycles. The summed E-state index contributed by atoms with van der Waals surface area (Å²) in [5, 5.41) is 3.13. The van der Waals surface area contributed by atoms with E-state index in [1.807, 2.05) is 62.4 Å². The average Bonchev–Trinajstić information content (AvgIpc) is 2.92. The highest BCUT2D eigenvalue weighted by Crippen LogP contribution is 2.32. The molecule has 1 aliphatic rings. The molecule has 152 valence electrons. The zero-order valence-corrected chi connectivity index (χ0v) is 18.1. The van der Waals surface area contributed by atoms with E-state index in [4.69, 9.17) is 4.99 Å². The Labute approximate surface area is 176 Å². The zero-order valence-electron chi connectivity index (χ0n) is 17.3. The number of amidine groups is 1. The second kappa shape index (κ2) is 9.27. The molecule has 3 rings (SSSR count). The van der Waals surface area contributed by atoms with Gasteiger partial charge in [0.2, 0.25) is 11.8 Å². The second-order valence-electron chi connectivity index (χ2n) is 7.75. The van der Waals surface area contributed by atoms with Crippen molar-refractivity contribution in [3.63, 3.8) is 0 Å². The van der Waals surface area contributed by atoms with Gasteiger partial charge < -0.3 is 5.32 Å². The quantitative estimate of drug-likeness (QED) is 0.737. The Balaban J connectivity index is 1.77. The fraction of sp³-hybridized carbons (Fsp3) is 0.348. The van der Waals surface area contributed by atoms with E-state index in [1.54, 1.807) is 4.90 Å². The standard InChI is InChI=1S/C23H27N3O2S/c1-15(2)14-26-22(28)20(13-21(27)25-19-11-6-5-9-17(19)4)29-23(26)24-18-10-7-8-16(3)12-18/h5-12,15,20H,13-14H2,1-4H3,(H,25,27)/t20-/m1/s1. The SMILES string of the molecule is Cc1cccc(N=C2S[C@H](CC(=O)Nc3ccccc3C)C(=O)N2CC(C)C)c1. The topological polar surface area (TPSA) is 61.8 Å². The number of anilines is 1. The van der Waals surface area contributed by atoms with Gasteiger partial charge in [-0.3, -0.25) is 14.5 Å². The number of amides is 2. The summed E-state index contributed by atoms with van der Waals surface area (Å²) in [5.74, 6) is 0.100. The Hall–Kier alpha value is -2.60. The summed E-state index contributed by atoms with van der Waals surface area (Å²) in [6.45, 7) is 8.69. The van der Waals surface area contributed by atoms with Crippen LogP contribution in [0.1, 0.15) is 31.4 Å². The maximum atomic E-state index is 13.0. The van der Waals surface area contributed by atoms with Gasteiger partial charge in [-0.2, -0.15) is 0 Å². The van der Waals surface area contributed by atoms with Crippen molar-refractivity contribution >= 4 is 40.1 Å². The van der Waals surface area contributed by atoms with E-state index in [2.05, 4.69) is 19.2 Å². The molecule has 1 atom stereocenters. The summed E-state index contributed by atoms with van der Waals surface area (Å²) in [5.41, 5.74) is 3.71. The van der Waals surface area contributed by atoms with Gasteiger partial charge in [-0.05, 0) is 49.1 Å². The lowest BCUT2D eigenvalue weighted by molar-refractivity contribution is -0.128. The van der Waals surface area contributed by atoms with Gasteiger partial charge in [0.05, 0.1) is 5.69 Å². The van der Waals surface area contributed by atoms with Crippen molar-refractivity contribution in [3.05, 3.63) is 59.7 Å². The van der Waals surface area contributed by atoms with Crippen LogP contribution >= 0.6 is 11.8 Å². The van der Waals surface area contributed by atoms with Gasteiger partial charge in [0.1, 0.15) is 5.25 Å². The van der Waals surface area contributed by atoms with Crippen LogP contribution in [-0.2, 0) is 9.59 Å². The number of nitrogens with zero attached hydrogens (tertiary/aromatic N) is 2. The van der Waals surface area contributed by atoms with Crippen LogP contribution in [0.3, 0.4) is 0 Å². The van der Waals surface area contributed by atoms with E-state index in [-0.39, 0.29) is 18.2 Å². The second-order valence-corrected chi connectivity index (χ2v) is 8.92. The Morgan fingerprint density at radius 1 is 1.17 bits per heavy atom. The summed E-state index contributed by atoms with van der Waals surface area (Å²) in [6.07, 6.45) is 0.124. The molecule has 0 bridgehead atoms. The first-order chi connectivity index (χ1) is 13.8. The molecule has 0 unspecified atom stereocenters. The number of aliphatic imine (C=N–C) groups is 1. The first-order valence-electron chi connectivity index (χ1n) is 9.82. The Bertz CT molecular complexity index is 939. The smallest absolute Gasteiger partial charge is 0.242 e. The predicted molar refractivity (Wildman–Crippen MR) is 121 cm³/mol. The number of nitrogens with one attached hydrogen (secondary N) is 1. The van der Waals surface area contributed by atoms with Crippen LogP contribution in [0.5, 0.6) is 0 Å². The number of carbonyl (C=O) groups excluding carboxylic acids is 2. The Kier molecular flexibility index (Phi) is 6.75. The molecule has 0 spiro atoms. The molecule has 0 aromatic heterocycles. The number of rotatable bonds is 6. The lowest BCUT2D eigenvalue weighted by atomic mass is 10.1. The molecule has 5 nitrogen and oxygen atoms in total. The van der Waals surface area contributed by atoms with Crippen LogP contribution in [0.4, 0.5) is 11.4 Å². The van der Waals surface area contributed by atoms with Crippen LogP contribution in [-0.4, -0.2) is 33.7 Å². The number of benzene rings is 2. The van der Waals surface area contributed by atoms with Crippen LogP contribution in [0.2, 0.25) is 0 Å². The van der Waals surface area contributed by atoms with E-state index < -0.39 is 5.25 Å². The number of carbonyl (C=O) groups is 2. The highest BCUT2D eigenvalue weighted by Gasteiger charge is 2.39. The van der Waals surface area contributed by atoms with E-state index in [0.717, 1.165) is 22.5 Å². The van der Waals surface area contributed by atoms with Crippen LogP contribution < -0.4 is 5.32 Å². The molecule has 1 saturated heterocycles. The van der Waals surface area contributed by atoms with Gasteiger partial charge in [0, 0.05) is 18.7 Å². The summed E-state index contributed by atoms with van der Waals surface area (Å²) >= 11 is 1.38. The third kappa shape index (κ3) is 5.48. The van der Waals surface area contributed by atoms with Gasteiger partial charge in [-0.1, -0.05) is 55.9 Å². The van der Waals surface area contributed by atoms with Crippen LogP contribution in [0, 0.1) is 19.8 Å². The maximum absolute atomic E-state index is 13.0. The van der Waals surface area contributed by atoms with Crippen molar-refractivity contribution in [1.82, 2.24) is 4.90 Å². The summed E-state index contributed by atoms with van der Waals surface area (Å²) in [6, 6.07) is 15.5. The minimum atomic E-state index is -0.457. The largest absolute Gasteiger partial charge is 0.326 e. The monoisotopic (exact) mass is 409 g/mol. The van der Waals surface area contributed by atoms with E-state index >= 15 is 0 Å². The maximum Gasteiger partial charge on any atom is 0.242 e. The number of hydrogen-bond acceptors (Lipinski definition) is 4. The molecule has 1 fully saturated rings. The van der Waals surface area contributed by atoms with Gasteiger partial charge in [0.15, 0.2) is 5.17 Å². The highest BCUT2D eigenvalue weighted by atomic mass is 32.2. The molecular formula is C23H27N3O2S. The van der Waals surface area contributed by atoms with Crippen molar-refractivity contribution in [1.29, 1.82) is 0 Å². The van der Waals surface area contributed by atoms with E-state index in [9.17, 15) is 9.59 Å². The lowest BCUT2D eigenvalue weighted by Gasteiger charge is -2.18.